The van der Waals surface area contributed by atoms with Crippen molar-refractivity contribution in [1.29, 1.82) is 5.41 Å². The first-order valence-electron chi connectivity index (χ1n) is 6.22. The number of nitrogens with one attached hydrogen (secondary N) is 1. The van der Waals surface area contributed by atoms with Crippen molar-refractivity contribution in [3.63, 3.8) is 0 Å². The van der Waals surface area contributed by atoms with Gasteiger partial charge in [-0.05, 0) is 44.2 Å². The minimum absolute atomic E-state index is 0.0287. The van der Waals surface area contributed by atoms with Crippen molar-refractivity contribution >= 4 is 17.2 Å². The molecular weight excluding hydrogens is 255 g/mol. The number of pyridine rings is 1. The molecule has 0 radical (unpaired) electrons. The molecule has 0 fully saturated rings. The van der Waals surface area contributed by atoms with Crippen LogP contribution in [0.5, 0.6) is 0 Å². The Bertz CT molecular complexity index is 650. The Morgan fingerprint density at radius 3 is 2.40 bits per heavy atom. The zero-order chi connectivity index (χ0) is 14.9. The quantitative estimate of drug-likeness (QED) is 0.667. The van der Waals surface area contributed by atoms with Crippen LogP contribution in [-0.4, -0.2) is 17.9 Å². The highest BCUT2D eigenvalue weighted by atomic mass is 19.1. The van der Waals surface area contributed by atoms with Gasteiger partial charge in [-0.3, -0.25) is 10.4 Å². The monoisotopic (exact) mass is 272 g/mol. The molecular formula is C15H17FN4. The van der Waals surface area contributed by atoms with Crippen molar-refractivity contribution < 1.29 is 4.39 Å². The Hall–Kier alpha value is -2.43. The fraction of sp³-hybridized carbons (Fsp3) is 0.200. The van der Waals surface area contributed by atoms with E-state index in [1.54, 1.807) is 12.1 Å². The van der Waals surface area contributed by atoms with Crippen molar-refractivity contribution in [3.8, 4) is 0 Å². The molecule has 104 valence electrons. The highest BCUT2D eigenvalue weighted by Gasteiger charge is 2.15. The maximum atomic E-state index is 13.0. The van der Waals surface area contributed by atoms with Crippen LogP contribution < -0.4 is 10.6 Å². The maximum absolute atomic E-state index is 13.0. The van der Waals surface area contributed by atoms with E-state index in [2.05, 4.69) is 4.98 Å². The van der Waals surface area contributed by atoms with Gasteiger partial charge in [0.1, 0.15) is 11.7 Å². The van der Waals surface area contributed by atoms with Gasteiger partial charge >= 0.3 is 0 Å². The number of aromatic nitrogens is 1. The van der Waals surface area contributed by atoms with E-state index in [4.69, 9.17) is 11.1 Å². The summed E-state index contributed by atoms with van der Waals surface area (Å²) in [6.07, 6.45) is 0. The van der Waals surface area contributed by atoms with Gasteiger partial charge in [0, 0.05) is 18.4 Å². The SMILES string of the molecule is Cc1cc(N(C)c2ccc(F)cc2)c(C(=N)N)c(C)n1. The van der Waals surface area contributed by atoms with E-state index in [0.717, 1.165) is 17.1 Å². The van der Waals surface area contributed by atoms with E-state index in [1.165, 1.54) is 12.1 Å². The second kappa shape index (κ2) is 5.28. The van der Waals surface area contributed by atoms with Crippen LogP contribution in [0.3, 0.4) is 0 Å². The van der Waals surface area contributed by atoms with Crippen molar-refractivity contribution in [1.82, 2.24) is 4.98 Å². The van der Waals surface area contributed by atoms with E-state index >= 15 is 0 Å². The summed E-state index contributed by atoms with van der Waals surface area (Å²) in [4.78, 5) is 6.21. The number of nitrogens with two attached hydrogens (primary N) is 1. The average molecular weight is 272 g/mol. The number of anilines is 2. The first-order valence-corrected chi connectivity index (χ1v) is 6.22. The lowest BCUT2D eigenvalue weighted by Crippen LogP contribution is -2.21. The maximum Gasteiger partial charge on any atom is 0.126 e. The lowest BCUT2D eigenvalue weighted by atomic mass is 10.1. The molecule has 0 amide bonds. The van der Waals surface area contributed by atoms with Gasteiger partial charge in [-0.1, -0.05) is 0 Å². The molecule has 2 aromatic rings. The lowest BCUT2D eigenvalue weighted by Gasteiger charge is -2.23. The fourth-order valence-electron chi connectivity index (χ4n) is 2.21. The van der Waals surface area contributed by atoms with Gasteiger partial charge in [0.15, 0.2) is 0 Å². The van der Waals surface area contributed by atoms with Gasteiger partial charge in [-0.2, -0.15) is 0 Å². The number of nitrogen functional groups attached to an aromatic ring is 1. The summed E-state index contributed by atoms with van der Waals surface area (Å²) < 4.78 is 13.0. The van der Waals surface area contributed by atoms with Crippen LogP contribution in [-0.2, 0) is 0 Å². The molecule has 2 rings (SSSR count). The van der Waals surface area contributed by atoms with E-state index in [9.17, 15) is 4.39 Å². The van der Waals surface area contributed by atoms with Gasteiger partial charge in [0.25, 0.3) is 0 Å². The number of hydrogen-bond acceptors (Lipinski definition) is 3. The second-order valence-corrected chi connectivity index (χ2v) is 4.69. The molecule has 5 heteroatoms. The van der Waals surface area contributed by atoms with Gasteiger partial charge in [-0.25, -0.2) is 4.39 Å². The zero-order valence-electron chi connectivity index (χ0n) is 11.7. The van der Waals surface area contributed by atoms with Crippen LogP contribution in [0.25, 0.3) is 0 Å². The van der Waals surface area contributed by atoms with Gasteiger partial charge < -0.3 is 10.6 Å². The molecule has 4 nitrogen and oxygen atoms in total. The number of benzene rings is 1. The fourth-order valence-corrected chi connectivity index (χ4v) is 2.21. The van der Waals surface area contributed by atoms with Crippen LogP contribution in [0.2, 0.25) is 0 Å². The zero-order valence-corrected chi connectivity index (χ0v) is 11.7. The number of aryl methyl sites for hydroxylation is 2. The number of hydrogen-bond donors (Lipinski definition) is 2. The molecule has 0 unspecified atom stereocenters. The van der Waals surface area contributed by atoms with E-state index in [0.29, 0.717) is 11.3 Å². The molecule has 1 aromatic heterocycles. The van der Waals surface area contributed by atoms with Gasteiger partial charge in [-0.15, -0.1) is 0 Å². The highest BCUT2D eigenvalue weighted by Crippen LogP contribution is 2.29. The number of amidine groups is 1. The smallest absolute Gasteiger partial charge is 0.126 e. The summed E-state index contributed by atoms with van der Waals surface area (Å²) in [5, 5.41) is 7.73. The summed E-state index contributed by atoms with van der Waals surface area (Å²) in [6.45, 7) is 3.71. The molecule has 0 aliphatic rings. The summed E-state index contributed by atoms with van der Waals surface area (Å²) in [5.74, 6) is -0.310. The minimum atomic E-state index is -0.281. The molecule has 0 saturated heterocycles. The normalized spacial score (nSPS) is 10.4. The molecule has 1 aromatic carbocycles. The largest absolute Gasteiger partial charge is 0.384 e. The summed E-state index contributed by atoms with van der Waals surface area (Å²) >= 11 is 0. The van der Waals surface area contributed by atoms with Crippen LogP contribution in [0.1, 0.15) is 17.0 Å². The van der Waals surface area contributed by atoms with Crippen molar-refractivity contribution in [2.24, 2.45) is 5.73 Å². The Morgan fingerprint density at radius 2 is 1.85 bits per heavy atom. The molecule has 20 heavy (non-hydrogen) atoms. The molecule has 0 aliphatic carbocycles. The van der Waals surface area contributed by atoms with Gasteiger partial charge in [0.2, 0.25) is 0 Å². The van der Waals surface area contributed by atoms with Gasteiger partial charge in [0.05, 0.1) is 16.9 Å². The molecule has 0 bridgehead atoms. The average Bonchev–Trinajstić information content (AvgIpc) is 2.37. The Morgan fingerprint density at radius 1 is 1.25 bits per heavy atom. The van der Waals surface area contributed by atoms with Crippen LogP contribution in [0, 0.1) is 25.1 Å². The number of rotatable bonds is 3. The first kappa shape index (κ1) is 14.0. The molecule has 0 spiro atoms. The van der Waals surface area contributed by atoms with Crippen LogP contribution in [0.4, 0.5) is 15.8 Å². The third-order valence-corrected chi connectivity index (χ3v) is 3.15. The number of nitrogens with zero attached hydrogens (tertiary/aromatic N) is 2. The lowest BCUT2D eigenvalue weighted by molar-refractivity contribution is 0.628. The predicted molar refractivity (Wildman–Crippen MR) is 79.2 cm³/mol. The minimum Gasteiger partial charge on any atom is -0.384 e. The molecule has 3 N–H and O–H groups in total. The third-order valence-electron chi connectivity index (χ3n) is 3.15. The second-order valence-electron chi connectivity index (χ2n) is 4.69. The third kappa shape index (κ3) is 2.61. The van der Waals surface area contributed by atoms with Crippen molar-refractivity contribution in [2.75, 3.05) is 11.9 Å². The molecule has 1 heterocycles. The Kier molecular flexibility index (Phi) is 3.70. The van der Waals surface area contributed by atoms with Crippen LogP contribution in [0.15, 0.2) is 30.3 Å². The summed E-state index contributed by atoms with van der Waals surface area (Å²) in [7, 11) is 1.86. The topological polar surface area (TPSA) is 66.0 Å². The van der Waals surface area contributed by atoms with E-state index in [1.807, 2.05) is 31.9 Å². The Balaban J connectivity index is 2.56. The highest BCUT2D eigenvalue weighted by molar-refractivity contribution is 6.02. The molecule has 0 atom stereocenters. The van der Waals surface area contributed by atoms with Crippen molar-refractivity contribution in [2.45, 2.75) is 13.8 Å². The van der Waals surface area contributed by atoms with Crippen LogP contribution >= 0.6 is 0 Å². The first-order chi connectivity index (χ1) is 9.40. The standard InChI is InChI=1S/C15H17FN4/c1-9-8-13(14(15(17)18)10(2)19-9)20(3)12-6-4-11(16)5-7-12/h4-8H,1-3H3,(H3,17,18). The number of halogens is 1. The predicted octanol–water partition coefficient (Wildman–Crippen LogP) is 2.89. The summed E-state index contributed by atoms with van der Waals surface area (Å²) in [5.41, 5.74) is 9.42. The Labute approximate surface area is 117 Å². The molecule has 0 aliphatic heterocycles. The summed E-state index contributed by atoms with van der Waals surface area (Å²) in [6, 6.07) is 8.04. The molecule has 0 saturated carbocycles. The van der Waals surface area contributed by atoms with E-state index < -0.39 is 0 Å². The van der Waals surface area contributed by atoms with Crippen molar-refractivity contribution in [3.05, 3.63) is 53.1 Å². The van der Waals surface area contributed by atoms with E-state index in [-0.39, 0.29) is 11.7 Å².